The first kappa shape index (κ1) is 27.0. The van der Waals surface area contributed by atoms with Crippen molar-refractivity contribution in [3.63, 3.8) is 0 Å². The van der Waals surface area contributed by atoms with Gasteiger partial charge in [0.15, 0.2) is 23.4 Å². The Bertz CT molecular complexity index is 1210. The first-order chi connectivity index (χ1) is 16.6. The van der Waals surface area contributed by atoms with Gasteiger partial charge in [-0.2, -0.15) is 13.2 Å². The third-order valence-corrected chi connectivity index (χ3v) is 5.60. The Morgan fingerprint density at radius 2 is 1.75 bits per heavy atom. The maximum Gasteiger partial charge on any atom is 0.449 e. The average Bonchev–Trinajstić information content (AvgIpc) is 3.16. The summed E-state index contributed by atoms with van der Waals surface area (Å²) in [6.45, 7) is -0.929. The van der Waals surface area contributed by atoms with Crippen molar-refractivity contribution in [2.45, 2.75) is 37.6 Å². The van der Waals surface area contributed by atoms with Gasteiger partial charge in [0.2, 0.25) is 11.7 Å². The summed E-state index contributed by atoms with van der Waals surface area (Å²) < 4.78 is 81.7. The number of alkyl halides is 3. The molecule has 0 radical (unpaired) electrons. The average molecular weight is 521 g/mol. The molecule has 1 aliphatic rings. The number of aromatic carboxylic acids is 1. The lowest BCUT2D eigenvalue weighted by Crippen LogP contribution is -2.50. The van der Waals surface area contributed by atoms with E-state index in [0.29, 0.717) is 16.7 Å². The van der Waals surface area contributed by atoms with E-state index in [-0.39, 0.29) is 5.56 Å². The van der Waals surface area contributed by atoms with E-state index in [9.17, 15) is 45.8 Å². The standard InChI is InChI=1S/C21H21F6N5O4/c1-30(2)18(34)17-16-15(19(35)36)29-20(21(25,26)27)32(16)4-3-31(17)14(33)7-10(28)5-9-6-12(23)13(24)8-11(9)22/h6,8,10,17H,3-5,7,28H2,1-2H3,(H,35,36)/t10-,17?/m1/s1. The number of carbonyl (C=O) groups is 3. The predicted octanol–water partition coefficient (Wildman–Crippen LogP) is 1.95. The van der Waals surface area contributed by atoms with Crippen molar-refractivity contribution in [2.75, 3.05) is 20.6 Å². The molecule has 1 aliphatic heterocycles. The van der Waals surface area contributed by atoms with Crippen LogP contribution in [0.25, 0.3) is 0 Å². The summed E-state index contributed by atoms with van der Waals surface area (Å²) in [5.74, 6) is -8.92. The molecule has 2 amide bonds. The molecule has 36 heavy (non-hydrogen) atoms. The second-order valence-corrected chi connectivity index (χ2v) is 8.37. The smallest absolute Gasteiger partial charge is 0.449 e. The highest BCUT2D eigenvalue weighted by molar-refractivity contribution is 5.93. The Kier molecular flexibility index (Phi) is 7.34. The van der Waals surface area contributed by atoms with Gasteiger partial charge in [0.05, 0.1) is 5.69 Å². The van der Waals surface area contributed by atoms with Gasteiger partial charge >= 0.3 is 12.1 Å². The zero-order chi connectivity index (χ0) is 27.1. The van der Waals surface area contributed by atoms with Crippen LogP contribution in [0.3, 0.4) is 0 Å². The van der Waals surface area contributed by atoms with Crippen LogP contribution >= 0.6 is 0 Å². The van der Waals surface area contributed by atoms with E-state index >= 15 is 0 Å². The van der Waals surface area contributed by atoms with Crippen LogP contribution in [0.5, 0.6) is 0 Å². The number of carbonyl (C=O) groups excluding carboxylic acids is 2. The summed E-state index contributed by atoms with van der Waals surface area (Å²) in [4.78, 5) is 42.8. The number of aromatic nitrogens is 2. The first-order valence-corrected chi connectivity index (χ1v) is 10.4. The minimum atomic E-state index is -5.03. The van der Waals surface area contributed by atoms with Gasteiger partial charge in [-0.15, -0.1) is 0 Å². The van der Waals surface area contributed by atoms with Crippen molar-refractivity contribution in [1.29, 1.82) is 0 Å². The van der Waals surface area contributed by atoms with Gasteiger partial charge in [0, 0.05) is 45.7 Å². The molecule has 196 valence electrons. The SMILES string of the molecule is CN(C)C(=O)C1c2c(C(=O)O)nc(C(F)(F)F)n2CCN1C(=O)C[C@H](N)Cc1cc(F)c(F)cc1F. The zero-order valence-electron chi connectivity index (χ0n) is 18.9. The number of amides is 2. The fourth-order valence-electron chi connectivity index (χ4n) is 4.01. The van der Waals surface area contributed by atoms with Crippen LogP contribution in [0, 0.1) is 17.5 Å². The van der Waals surface area contributed by atoms with Gasteiger partial charge in [-0.1, -0.05) is 0 Å². The number of imidazole rings is 1. The summed E-state index contributed by atoms with van der Waals surface area (Å²) in [6, 6.07) is -2.00. The molecule has 0 spiro atoms. The Labute approximate surface area is 200 Å². The van der Waals surface area contributed by atoms with E-state index in [1.165, 1.54) is 14.1 Å². The Morgan fingerprint density at radius 3 is 2.31 bits per heavy atom. The summed E-state index contributed by atoms with van der Waals surface area (Å²) in [6.07, 6.45) is -5.99. The largest absolute Gasteiger partial charge is 0.476 e. The van der Waals surface area contributed by atoms with E-state index in [1.807, 2.05) is 0 Å². The molecule has 3 N–H and O–H groups in total. The van der Waals surface area contributed by atoms with Crippen molar-refractivity contribution in [3.8, 4) is 0 Å². The molecule has 1 aromatic heterocycles. The lowest BCUT2D eigenvalue weighted by atomic mass is 10.0. The molecule has 0 aliphatic carbocycles. The van der Waals surface area contributed by atoms with E-state index < -0.39 is 96.6 Å². The van der Waals surface area contributed by atoms with Crippen LogP contribution in [0.1, 0.15) is 40.0 Å². The molecule has 9 nitrogen and oxygen atoms in total. The zero-order valence-corrected chi connectivity index (χ0v) is 18.9. The summed E-state index contributed by atoms with van der Waals surface area (Å²) in [7, 11) is 2.53. The molecule has 2 atom stereocenters. The number of nitrogens with zero attached hydrogens (tertiary/aromatic N) is 4. The number of carboxylic acid groups (broad SMARTS) is 1. The van der Waals surface area contributed by atoms with Gasteiger partial charge in [0.25, 0.3) is 5.91 Å². The number of hydrogen-bond donors (Lipinski definition) is 2. The van der Waals surface area contributed by atoms with E-state index in [4.69, 9.17) is 5.73 Å². The second-order valence-electron chi connectivity index (χ2n) is 8.37. The molecule has 15 heteroatoms. The Balaban J connectivity index is 1.96. The Morgan fingerprint density at radius 1 is 1.14 bits per heavy atom. The molecule has 0 fully saturated rings. The molecular weight excluding hydrogens is 500 g/mol. The molecule has 2 aromatic rings. The van der Waals surface area contributed by atoms with Crippen molar-refractivity contribution >= 4 is 17.8 Å². The highest BCUT2D eigenvalue weighted by Gasteiger charge is 2.47. The molecule has 0 bridgehead atoms. The van der Waals surface area contributed by atoms with Crippen LogP contribution < -0.4 is 5.73 Å². The predicted molar refractivity (Wildman–Crippen MR) is 110 cm³/mol. The molecule has 1 aromatic carbocycles. The number of halogens is 6. The maximum absolute atomic E-state index is 14.0. The van der Waals surface area contributed by atoms with Crippen molar-refractivity contribution in [3.05, 3.63) is 52.4 Å². The molecule has 2 heterocycles. The Hall–Kier alpha value is -3.62. The minimum absolute atomic E-state index is 0.310. The molecule has 0 saturated carbocycles. The minimum Gasteiger partial charge on any atom is -0.476 e. The monoisotopic (exact) mass is 521 g/mol. The molecular formula is C21H21F6N5O4. The van der Waals surface area contributed by atoms with Crippen molar-refractivity contribution < 1.29 is 45.8 Å². The van der Waals surface area contributed by atoms with Crippen LogP contribution in [-0.4, -0.2) is 68.9 Å². The van der Waals surface area contributed by atoms with Gasteiger partial charge in [-0.3, -0.25) is 9.59 Å². The highest BCUT2D eigenvalue weighted by atomic mass is 19.4. The number of benzene rings is 1. The van der Waals surface area contributed by atoms with Gasteiger partial charge in [-0.25, -0.2) is 22.9 Å². The summed E-state index contributed by atoms with van der Waals surface area (Å²) >= 11 is 0. The summed E-state index contributed by atoms with van der Waals surface area (Å²) in [5, 5.41) is 9.48. The molecule has 1 unspecified atom stereocenters. The van der Waals surface area contributed by atoms with Crippen LogP contribution in [-0.2, 0) is 28.7 Å². The van der Waals surface area contributed by atoms with E-state index in [1.54, 1.807) is 0 Å². The van der Waals surface area contributed by atoms with Gasteiger partial charge in [0.1, 0.15) is 5.82 Å². The number of nitrogens with two attached hydrogens (primary N) is 1. The normalized spacial score (nSPS) is 16.5. The lowest BCUT2D eigenvalue weighted by molar-refractivity contribution is -0.151. The highest BCUT2D eigenvalue weighted by Crippen LogP contribution is 2.37. The van der Waals surface area contributed by atoms with Gasteiger partial charge in [-0.05, 0) is 18.1 Å². The first-order valence-electron chi connectivity index (χ1n) is 10.4. The maximum atomic E-state index is 14.0. The second kappa shape index (κ2) is 9.79. The fourth-order valence-corrected chi connectivity index (χ4v) is 4.01. The van der Waals surface area contributed by atoms with Crippen molar-refractivity contribution in [1.82, 2.24) is 19.4 Å². The summed E-state index contributed by atoms with van der Waals surface area (Å²) in [5.41, 5.74) is 3.94. The number of likely N-dealkylation sites (N-methyl/N-ethyl adjacent to an activating group) is 1. The topological polar surface area (TPSA) is 122 Å². The number of carboxylic acids is 1. The quantitative estimate of drug-likeness (QED) is 0.443. The van der Waals surface area contributed by atoms with Crippen LogP contribution in [0.2, 0.25) is 0 Å². The van der Waals surface area contributed by atoms with E-state index in [2.05, 4.69) is 4.98 Å². The molecule has 3 rings (SSSR count). The fraction of sp³-hybridized carbons (Fsp3) is 0.429. The van der Waals surface area contributed by atoms with E-state index in [0.717, 1.165) is 9.80 Å². The number of fused-ring (bicyclic) bond motifs is 1. The van der Waals surface area contributed by atoms with Crippen LogP contribution in [0.4, 0.5) is 26.3 Å². The molecule has 0 saturated heterocycles. The van der Waals surface area contributed by atoms with Crippen LogP contribution in [0.15, 0.2) is 12.1 Å². The number of rotatable bonds is 6. The lowest BCUT2D eigenvalue weighted by Gasteiger charge is -2.38. The third kappa shape index (κ3) is 5.15. The third-order valence-electron chi connectivity index (χ3n) is 5.60. The number of hydrogen-bond acceptors (Lipinski definition) is 5. The van der Waals surface area contributed by atoms with Gasteiger partial charge < -0.3 is 25.2 Å². The van der Waals surface area contributed by atoms with Crippen molar-refractivity contribution in [2.24, 2.45) is 5.73 Å².